The first-order chi connectivity index (χ1) is 18.8. The van der Waals surface area contributed by atoms with Gasteiger partial charge in [-0.05, 0) is 81.3 Å². The maximum atomic E-state index is 12.1. The van der Waals surface area contributed by atoms with Gasteiger partial charge in [-0.3, -0.25) is 19.2 Å². The molecule has 0 bridgehead atoms. The molecule has 0 saturated heterocycles. The third-order valence-corrected chi connectivity index (χ3v) is 6.54. The Balaban J connectivity index is 1.13. The summed E-state index contributed by atoms with van der Waals surface area (Å²) in [6, 6.07) is 14.6. The van der Waals surface area contributed by atoms with E-state index in [2.05, 4.69) is 31.7 Å². The first-order valence-corrected chi connectivity index (χ1v) is 13.3. The quantitative estimate of drug-likeness (QED) is 0.244. The highest BCUT2D eigenvalue weighted by Gasteiger charge is 2.30. The number of anilines is 2. The molecular formula is C29H34N6O4. The Bertz CT molecular complexity index is 1180. The van der Waals surface area contributed by atoms with E-state index in [4.69, 9.17) is 0 Å². The van der Waals surface area contributed by atoms with Gasteiger partial charge >= 0.3 is 0 Å². The van der Waals surface area contributed by atoms with Crippen LogP contribution < -0.4 is 21.5 Å². The van der Waals surface area contributed by atoms with Crippen LogP contribution >= 0.6 is 0 Å². The summed E-state index contributed by atoms with van der Waals surface area (Å²) in [7, 11) is 0. The predicted molar refractivity (Wildman–Crippen MR) is 150 cm³/mol. The van der Waals surface area contributed by atoms with Crippen molar-refractivity contribution in [1.29, 1.82) is 0 Å². The zero-order valence-corrected chi connectivity index (χ0v) is 22.3. The van der Waals surface area contributed by atoms with E-state index in [1.54, 1.807) is 13.8 Å². The Morgan fingerprint density at radius 2 is 1.00 bits per heavy atom. The maximum Gasteiger partial charge on any atom is 0.240 e. The molecule has 4 rings (SSSR count). The van der Waals surface area contributed by atoms with E-state index in [1.807, 2.05) is 48.5 Å². The van der Waals surface area contributed by atoms with E-state index in [0.717, 1.165) is 48.2 Å². The van der Waals surface area contributed by atoms with Gasteiger partial charge in [-0.25, -0.2) is 10.9 Å². The van der Waals surface area contributed by atoms with E-state index in [-0.39, 0.29) is 48.3 Å². The van der Waals surface area contributed by atoms with Crippen LogP contribution in [0.3, 0.4) is 0 Å². The van der Waals surface area contributed by atoms with Gasteiger partial charge in [0.05, 0.1) is 11.4 Å². The molecule has 0 spiro atoms. The summed E-state index contributed by atoms with van der Waals surface area (Å²) >= 11 is 0. The van der Waals surface area contributed by atoms with Gasteiger partial charge in [-0.2, -0.15) is 10.2 Å². The molecule has 2 fully saturated rings. The van der Waals surface area contributed by atoms with Crippen molar-refractivity contribution >= 4 is 46.4 Å². The van der Waals surface area contributed by atoms with Crippen molar-refractivity contribution in [2.45, 2.75) is 58.8 Å². The lowest BCUT2D eigenvalue weighted by atomic mass is 10.1. The van der Waals surface area contributed by atoms with Crippen molar-refractivity contribution in [3.63, 3.8) is 0 Å². The van der Waals surface area contributed by atoms with E-state index < -0.39 is 0 Å². The van der Waals surface area contributed by atoms with Crippen LogP contribution in [0.15, 0.2) is 58.7 Å². The molecule has 2 aliphatic rings. The van der Waals surface area contributed by atoms with Gasteiger partial charge in [0, 0.05) is 36.1 Å². The Morgan fingerprint density at radius 1 is 0.641 bits per heavy atom. The highest BCUT2D eigenvalue weighted by atomic mass is 16.2. The average molecular weight is 531 g/mol. The molecule has 204 valence electrons. The van der Waals surface area contributed by atoms with Crippen LogP contribution in [0, 0.1) is 11.8 Å². The van der Waals surface area contributed by atoms with Crippen LogP contribution in [-0.4, -0.2) is 35.1 Å². The molecule has 0 aromatic heterocycles. The molecule has 4 N–H and O–H groups in total. The number of hydrogen-bond donors (Lipinski definition) is 4. The number of carbonyl (C=O) groups is 4. The normalized spacial score (nSPS) is 15.3. The molecule has 0 atom stereocenters. The topological polar surface area (TPSA) is 141 Å². The fraction of sp³-hybridized carbons (Fsp3) is 0.379. The number of nitrogens with zero attached hydrogens (tertiary/aromatic N) is 2. The Kier molecular flexibility index (Phi) is 9.19. The molecule has 4 amide bonds. The van der Waals surface area contributed by atoms with Crippen molar-refractivity contribution < 1.29 is 19.2 Å². The molecule has 2 saturated carbocycles. The summed E-state index contributed by atoms with van der Waals surface area (Å²) in [4.78, 5) is 48.0. The summed E-state index contributed by atoms with van der Waals surface area (Å²) in [6.07, 6.45) is 4.45. The van der Waals surface area contributed by atoms with E-state index in [1.165, 1.54) is 0 Å². The van der Waals surface area contributed by atoms with Gasteiger partial charge in [0.15, 0.2) is 0 Å². The molecule has 10 nitrogen and oxygen atoms in total. The highest BCUT2D eigenvalue weighted by Crippen LogP contribution is 2.30. The summed E-state index contributed by atoms with van der Waals surface area (Å²) in [5.41, 5.74) is 9.41. The van der Waals surface area contributed by atoms with E-state index in [9.17, 15) is 19.2 Å². The van der Waals surface area contributed by atoms with Gasteiger partial charge in [0.25, 0.3) is 0 Å². The highest BCUT2D eigenvalue weighted by molar-refractivity contribution is 6.01. The number of amides is 4. The molecule has 0 radical (unpaired) electrons. The second-order valence-electron chi connectivity index (χ2n) is 10.00. The fourth-order valence-corrected chi connectivity index (χ4v) is 3.71. The van der Waals surface area contributed by atoms with Gasteiger partial charge in [-0.15, -0.1) is 0 Å². The van der Waals surface area contributed by atoms with Crippen molar-refractivity contribution in [1.82, 2.24) is 10.9 Å². The molecule has 0 unspecified atom stereocenters. The summed E-state index contributed by atoms with van der Waals surface area (Å²) < 4.78 is 0. The molecule has 10 heteroatoms. The second kappa shape index (κ2) is 12.9. The summed E-state index contributed by atoms with van der Waals surface area (Å²) in [5, 5.41) is 14.0. The van der Waals surface area contributed by atoms with Crippen molar-refractivity contribution in [3.05, 3.63) is 59.7 Å². The van der Waals surface area contributed by atoms with Crippen molar-refractivity contribution in [2.24, 2.45) is 22.0 Å². The van der Waals surface area contributed by atoms with Gasteiger partial charge in [0.2, 0.25) is 23.6 Å². The lowest BCUT2D eigenvalue weighted by Crippen LogP contribution is -2.22. The minimum absolute atomic E-state index is 0.0531. The van der Waals surface area contributed by atoms with Gasteiger partial charge in [-0.1, -0.05) is 24.3 Å². The monoisotopic (exact) mass is 530 g/mol. The minimum atomic E-state index is -0.288. The van der Waals surface area contributed by atoms with Crippen LogP contribution in [0.25, 0.3) is 0 Å². The molecule has 39 heavy (non-hydrogen) atoms. The molecule has 2 aromatic carbocycles. The van der Waals surface area contributed by atoms with Gasteiger partial charge in [0.1, 0.15) is 0 Å². The van der Waals surface area contributed by atoms with E-state index >= 15 is 0 Å². The van der Waals surface area contributed by atoms with E-state index in [0.29, 0.717) is 17.8 Å². The number of hydrogen-bond acceptors (Lipinski definition) is 6. The molecular weight excluding hydrogens is 496 g/mol. The smallest absolute Gasteiger partial charge is 0.240 e. The minimum Gasteiger partial charge on any atom is -0.326 e. The third-order valence-electron chi connectivity index (χ3n) is 6.54. The molecule has 2 aliphatic carbocycles. The molecule has 0 heterocycles. The predicted octanol–water partition coefficient (Wildman–Crippen LogP) is 3.93. The number of benzene rings is 2. The zero-order valence-electron chi connectivity index (χ0n) is 22.3. The molecule has 0 aliphatic heterocycles. The van der Waals surface area contributed by atoms with Crippen LogP contribution in [0.2, 0.25) is 0 Å². The first kappa shape index (κ1) is 27.7. The van der Waals surface area contributed by atoms with Crippen LogP contribution in [0.4, 0.5) is 11.4 Å². The zero-order chi connectivity index (χ0) is 27.8. The van der Waals surface area contributed by atoms with Crippen molar-refractivity contribution in [2.75, 3.05) is 10.6 Å². The standard InChI is InChI=1S/C29H34N6O4/c1-18(20-10-14-24(15-11-20)30-28(38)22-6-7-22)32-34-26(36)4-3-5-27(37)35-33-19(2)21-12-16-25(17-13-21)31-29(39)23-8-9-23/h10-17,22-23H,3-9H2,1-2H3,(H,30,38)(H,31,39)(H,34,36)(H,35,37). The second-order valence-corrected chi connectivity index (χ2v) is 10.00. The van der Waals surface area contributed by atoms with Gasteiger partial charge < -0.3 is 10.6 Å². The third kappa shape index (κ3) is 8.87. The number of rotatable bonds is 12. The number of nitrogens with one attached hydrogen (secondary N) is 4. The van der Waals surface area contributed by atoms with Crippen LogP contribution in [0.5, 0.6) is 0 Å². The van der Waals surface area contributed by atoms with Crippen LogP contribution in [-0.2, 0) is 19.2 Å². The molecule has 2 aromatic rings. The van der Waals surface area contributed by atoms with Crippen molar-refractivity contribution in [3.8, 4) is 0 Å². The largest absolute Gasteiger partial charge is 0.326 e. The number of hydrazone groups is 2. The lowest BCUT2D eigenvalue weighted by Gasteiger charge is -2.07. The van der Waals surface area contributed by atoms with Crippen LogP contribution in [0.1, 0.15) is 69.9 Å². The average Bonchev–Trinajstić information content (AvgIpc) is 3.84. The Morgan fingerprint density at radius 3 is 1.33 bits per heavy atom. The number of carbonyl (C=O) groups excluding carboxylic acids is 4. The summed E-state index contributed by atoms with van der Waals surface area (Å²) in [5.74, 6) is -0.187. The SMILES string of the molecule is CC(=NNC(=O)CCCC(=O)NN=C(C)c1ccc(NC(=O)C2CC2)cc1)c1ccc(NC(=O)C2CC2)cc1. The fourth-order valence-electron chi connectivity index (χ4n) is 3.71. The first-order valence-electron chi connectivity index (χ1n) is 13.3. The lowest BCUT2D eigenvalue weighted by molar-refractivity contribution is -0.122. The Hall–Kier alpha value is -4.34. The maximum absolute atomic E-state index is 12.1. The summed E-state index contributed by atoms with van der Waals surface area (Å²) in [6.45, 7) is 3.56. The Labute approximate surface area is 227 Å².